The molecule has 0 radical (unpaired) electrons. The fraction of sp³-hybridized carbons (Fsp3) is 0.0714. The predicted molar refractivity (Wildman–Crippen MR) is 102 cm³/mol. The van der Waals surface area contributed by atoms with Crippen LogP contribution in [-0.2, 0) is 4.79 Å². The molecule has 0 aliphatic carbocycles. The van der Waals surface area contributed by atoms with Crippen LogP contribution in [0.5, 0.6) is 5.75 Å². The van der Waals surface area contributed by atoms with Gasteiger partial charge in [-0.2, -0.15) is 0 Å². The Morgan fingerprint density at radius 1 is 1.45 bits per heavy atom. The van der Waals surface area contributed by atoms with Gasteiger partial charge in [-0.3, -0.25) is 10.2 Å². The predicted octanol–water partition coefficient (Wildman–Crippen LogP) is 4.63. The SMILES string of the molecule is N=C1S/C(=C\c2cc(Br)cc(I)c2O)C(=O)[C@H]1c1nccs1. The van der Waals surface area contributed by atoms with Crippen molar-refractivity contribution in [3.8, 4) is 5.75 Å². The summed E-state index contributed by atoms with van der Waals surface area (Å²) in [6.45, 7) is 0. The van der Waals surface area contributed by atoms with Crippen LogP contribution in [0, 0.1) is 8.98 Å². The van der Waals surface area contributed by atoms with Crippen LogP contribution in [0.4, 0.5) is 0 Å². The summed E-state index contributed by atoms with van der Waals surface area (Å²) in [7, 11) is 0. The molecule has 2 heterocycles. The van der Waals surface area contributed by atoms with Crippen LogP contribution in [0.1, 0.15) is 16.5 Å². The summed E-state index contributed by atoms with van der Waals surface area (Å²) >= 11 is 7.91. The minimum Gasteiger partial charge on any atom is -0.506 e. The van der Waals surface area contributed by atoms with Gasteiger partial charge in [0.05, 0.1) is 13.5 Å². The first-order valence-electron chi connectivity index (χ1n) is 6.07. The zero-order chi connectivity index (χ0) is 15.9. The number of phenolic OH excluding ortho intramolecular Hbond substituents is 1. The van der Waals surface area contributed by atoms with Crippen molar-refractivity contribution in [2.75, 3.05) is 0 Å². The van der Waals surface area contributed by atoms with Crippen molar-refractivity contribution in [1.82, 2.24) is 4.98 Å². The lowest BCUT2D eigenvalue weighted by atomic mass is 10.0. The number of nitrogens with one attached hydrogen (secondary N) is 1. The summed E-state index contributed by atoms with van der Waals surface area (Å²) in [5.41, 5.74) is 0.558. The Balaban J connectivity index is 2.00. The normalized spacial score (nSPS) is 20.1. The number of carbonyl (C=O) groups is 1. The molecule has 22 heavy (non-hydrogen) atoms. The van der Waals surface area contributed by atoms with Gasteiger partial charge in [0, 0.05) is 21.6 Å². The summed E-state index contributed by atoms with van der Waals surface area (Å²) in [5.74, 6) is -0.613. The van der Waals surface area contributed by atoms with Crippen molar-refractivity contribution in [3.05, 3.63) is 47.2 Å². The first kappa shape index (κ1) is 16.2. The van der Waals surface area contributed by atoms with E-state index in [4.69, 9.17) is 5.41 Å². The van der Waals surface area contributed by atoms with Gasteiger partial charge in [-0.15, -0.1) is 11.3 Å². The molecule has 0 spiro atoms. The monoisotopic (exact) mass is 506 g/mol. The zero-order valence-corrected chi connectivity index (χ0v) is 16.2. The average molecular weight is 507 g/mol. The molecule has 1 aliphatic rings. The maximum absolute atomic E-state index is 12.5. The third-order valence-corrected chi connectivity index (χ3v) is 6.14. The molecule has 0 unspecified atom stereocenters. The molecule has 1 aliphatic heterocycles. The highest BCUT2D eigenvalue weighted by atomic mass is 127. The number of allylic oxidation sites excluding steroid dienone is 1. The van der Waals surface area contributed by atoms with Crippen molar-refractivity contribution >= 4 is 78.5 Å². The highest BCUT2D eigenvalue weighted by Gasteiger charge is 2.38. The molecule has 0 bridgehead atoms. The number of aromatic nitrogens is 1. The van der Waals surface area contributed by atoms with Crippen molar-refractivity contribution in [3.63, 3.8) is 0 Å². The number of halogens is 2. The summed E-state index contributed by atoms with van der Waals surface area (Å²) in [5, 5.41) is 20.9. The van der Waals surface area contributed by atoms with Gasteiger partial charge in [-0.1, -0.05) is 27.7 Å². The maximum atomic E-state index is 12.5. The third-order valence-electron chi connectivity index (χ3n) is 3.03. The molecule has 2 N–H and O–H groups in total. The minimum atomic E-state index is -0.607. The molecule has 1 fully saturated rings. The Morgan fingerprint density at radius 3 is 2.91 bits per heavy atom. The summed E-state index contributed by atoms with van der Waals surface area (Å²) in [6.07, 6.45) is 3.27. The Labute approximate surface area is 156 Å². The standard InChI is InChI=1S/C14H8BrIN2O2S2/c15-7-3-6(11(19)8(16)5-7)4-9-12(20)10(13(17)22-9)14-18-1-2-21-14/h1-5,10,17,19H/b9-4-,17-13?/t10-/m1/s1. The Hall–Kier alpha value is -0.710. The first-order chi connectivity index (χ1) is 10.5. The van der Waals surface area contributed by atoms with E-state index < -0.39 is 5.92 Å². The topological polar surface area (TPSA) is 74.0 Å². The van der Waals surface area contributed by atoms with Crippen molar-refractivity contribution in [2.24, 2.45) is 0 Å². The van der Waals surface area contributed by atoms with Gasteiger partial charge in [-0.25, -0.2) is 4.98 Å². The number of thioether (sulfide) groups is 1. The highest BCUT2D eigenvalue weighted by molar-refractivity contribution is 14.1. The second-order valence-corrected chi connectivity index (χ2v) is 8.56. The number of aromatic hydroxyl groups is 1. The fourth-order valence-corrected chi connectivity index (χ4v) is 5.37. The molecule has 2 aromatic rings. The molecule has 4 nitrogen and oxygen atoms in total. The van der Waals surface area contributed by atoms with E-state index in [1.165, 1.54) is 11.3 Å². The number of carbonyl (C=O) groups excluding carboxylic acids is 1. The molecule has 0 saturated carbocycles. The van der Waals surface area contributed by atoms with Gasteiger partial charge in [-0.05, 0) is 40.8 Å². The van der Waals surface area contributed by atoms with E-state index in [1.54, 1.807) is 29.8 Å². The number of Topliss-reactive ketones (excluding diaryl/α,β-unsaturated/α-hetero) is 1. The van der Waals surface area contributed by atoms with Crippen LogP contribution >= 0.6 is 61.6 Å². The molecule has 3 rings (SSSR count). The quantitative estimate of drug-likeness (QED) is 0.460. The van der Waals surface area contributed by atoms with E-state index in [-0.39, 0.29) is 16.6 Å². The number of ketones is 1. The van der Waals surface area contributed by atoms with Gasteiger partial charge >= 0.3 is 0 Å². The largest absolute Gasteiger partial charge is 0.506 e. The number of thiazole rings is 1. The Bertz CT molecular complexity index is 805. The number of hydrogen-bond acceptors (Lipinski definition) is 6. The van der Waals surface area contributed by atoms with Crippen molar-refractivity contribution in [2.45, 2.75) is 5.92 Å². The van der Waals surface area contributed by atoms with Gasteiger partial charge in [0.1, 0.15) is 16.7 Å². The van der Waals surface area contributed by atoms with E-state index in [0.29, 0.717) is 19.0 Å². The van der Waals surface area contributed by atoms with E-state index >= 15 is 0 Å². The molecule has 8 heteroatoms. The molecular weight excluding hydrogens is 499 g/mol. The zero-order valence-electron chi connectivity index (χ0n) is 10.8. The lowest BCUT2D eigenvalue weighted by Gasteiger charge is -2.04. The van der Waals surface area contributed by atoms with Gasteiger partial charge in [0.2, 0.25) is 0 Å². The average Bonchev–Trinajstić information content (AvgIpc) is 3.05. The molecule has 1 saturated heterocycles. The van der Waals surface area contributed by atoms with E-state index in [1.807, 2.05) is 22.6 Å². The number of rotatable bonds is 2. The smallest absolute Gasteiger partial charge is 0.186 e. The van der Waals surface area contributed by atoms with E-state index in [9.17, 15) is 9.90 Å². The van der Waals surface area contributed by atoms with Crippen molar-refractivity contribution < 1.29 is 9.90 Å². The summed E-state index contributed by atoms with van der Waals surface area (Å²) in [6, 6.07) is 3.54. The van der Waals surface area contributed by atoms with Crippen LogP contribution in [0.15, 0.2) is 33.1 Å². The third kappa shape index (κ3) is 3.01. The van der Waals surface area contributed by atoms with Gasteiger partial charge in [0.15, 0.2) is 5.78 Å². The van der Waals surface area contributed by atoms with E-state index in [2.05, 4.69) is 20.9 Å². The summed E-state index contributed by atoms with van der Waals surface area (Å²) in [4.78, 5) is 17.1. The van der Waals surface area contributed by atoms with Crippen molar-refractivity contribution in [1.29, 1.82) is 5.41 Å². The second-order valence-electron chi connectivity index (χ2n) is 4.47. The van der Waals surface area contributed by atoms with Gasteiger partial charge < -0.3 is 5.11 Å². The number of hydrogen-bond donors (Lipinski definition) is 2. The number of nitrogens with zero attached hydrogens (tertiary/aromatic N) is 1. The lowest BCUT2D eigenvalue weighted by molar-refractivity contribution is -0.114. The molecular formula is C14H8BrIN2O2S2. The minimum absolute atomic E-state index is 0.133. The van der Waals surface area contributed by atoms with E-state index in [0.717, 1.165) is 16.2 Å². The fourth-order valence-electron chi connectivity index (χ4n) is 2.03. The second kappa shape index (κ2) is 6.42. The highest BCUT2D eigenvalue weighted by Crippen LogP contribution is 2.42. The molecule has 1 aromatic carbocycles. The number of phenols is 1. The molecule has 0 amide bonds. The maximum Gasteiger partial charge on any atom is 0.186 e. The van der Waals surface area contributed by atoms with Crippen LogP contribution in [-0.4, -0.2) is 20.9 Å². The summed E-state index contributed by atoms with van der Waals surface area (Å²) < 4.78 is 1.52. The van der Waals surface area contributed by atoms with Crippen LogP contribution in [0.3, 0.4) is 0 Å². The first-order valence-corrected chi connectivity index (χ1v) is 9.63. The number of benzene rings is 1. The van der Waals surface area contributed by atoms with Crippen LogP contribution in [0.25, 0.3) is 6.08 Å². The Kier molecular flexibility index (Phi) is 4.72. The van der Waals surface area contributed by atoms with Crippen LogP contribution in [0.2, 0.25) is 0 Å². The Morgan fingerprint density at radius 2 is 2.23 bits per heavy atom. The molecule has 1 aromatic heterocycles. The lowest BCUT2D eigenvalue weighted by Crippen LogP contribution is -2.11. The molecule has 1 atom stereocenters. The molecule has 112 valence electrons. The van der Waals surface area contributed by atoms with Gasteiger partial charge in [0.25, 0.3) is 0 Å². The van der Waals surface area contributed by atoms with Crippen LogP contribution < -0.4 is 0 Å².